The molecule has 8 heteroatoms. The Hall–Kier alpha value is -3.55. The third-order valence-electron chi connectivity index (χ3n) is 5.16. The van der Waals surface area contributed by atoms with Gasteiger partial charge in [-0.2, -0.15) is 4.98 Å². The molecule has 2 heterocycles. The van der Waals surface area contributed by atoms with Crippen LogP contribution < -0.4 is 19.1 Å². The second kappa shape index (κ2) is 9.30. The molecule has 8 nitrogen and oxygen atoms in total. The molecule has 0 N–H and O–H groups in total. The summed E-state index contributed by atoms with van der Waals surface area (Å²) in [6, 6.07) is 13.0. The van der Waals surface area contributed by atoms with E-state index in [4.69, 9.17) is 18.7 Å². The predicted molar refractivity (Wildman–Crippen MR) is 119 cm³/mol. The molecule has 1 unspecified atom stereocenters. The van der Waals surface area contributed by atoms with Crippen LogP contribution in [0.2, 0.25) is 0 Å². The van der Waals surface area contributed by atoms with E-state index in [1.165, 1.54) is 0 Å². The number of rotatable bonds is 8. The zero-order valence-electron chi connectivity index (χ0n) is 18.7. The summed E-state index contributed by atoms with van der Waals surface area (Å²) in [5.74, 6) is 2.62. The first-order valence-corrected chi connectivity index (χ1v) is 10.7. The lowest BCUT2D eigenvalue weighted by molar-refractivity contribution is -0.117. The third kappa shape index (κ3) is 4.39. The first-order valence-electron chi connectivity index (χ1n) is 10.7. The fourth-order valence-corrected chi connectivity index (χ4v) is 3.74. The summed E-state index contributed by atoms with van der Waals surface area (Å²) in [6.07, 6.45) is 0.328. The van der Waals surface area contributed by atoms with E-state index < -0.39 is 0 Å². The van der Waals surface area contributed by atoms with Crippen LogP contribution in [0.4, 0.5) is 5.69 Å². The van der Waals surface area contributed by atoms with E-state index >= 15 is 0 Å². The highest BCUT2D eigenvalue weighted by molar-refractivity contribution is 5.97. The first kappa shape index (κ1) is 21.7. The molecule has 0 spiro atoms. The number of aromatic nitrogens is 2. The minimum Gasteiger partial charge on any atom is -0.493 e. The maximum atomic E-state index is 12.8. The molecule has 0 saturated carbocycles. The van der Waals surface area contributed by atoms with Gasteiger partial charge in [0.05, 0.1) is 31.4 Å². The van der Waals surface area contributed by atoms with Gasteiger partial charge < -0.3 is 23.6 Å². The molecule has 4 rings (SSSR count). The summed E-state index contributed by atoms with van der Waals surface area (Å²) >= 11 is 0. The summed E-state index contributed by atoms with van der Waals surface area (Å²) < 4.78 is 22.4. The van der Waals surface area contributed by atoms with Crippen molar-refractivity contribution in [1.29, 1.82) is 0 Å². The Kier molecular flexibility index (Phi) is 6.30. The van der Waals surface area contributed by atoms with Gasteiger partial charge in [-0.1, -0.05) is 17.3 Å². The van der Waals surface area contributed by atoms with Gasteiger partial charge in [0, 0.05) is 18.5 Å². The SMILES string of the molecule is CCOc1ccccc1N1CC(c2nc(-c3ccc(OC(C)C)c(OC)c3)no2)CC1=O. The fraction of sp³-hybridized carbons (Fsp3) is 0.375. The second-order valence-corrected chi connectivity index (χ2v) is 7.79. The average molecular weight is 437 g/mol. The van der Waals surface area contributed by atoms with Gasteiger partial charge in [0.25, 0.3) is 0 Å². The molecule has 32 heavy (non-hydrogen) atoms. The van der Waals surface area contributed by atoms with Gasteiger partial charge in [0.1, 0.15) is 5.75 Å². The quantitative estimate of drug-likeness (QED) is 0.514. The van der Waals surface area contributed by atoms with Gasteiger partial charge >= 0.3 is 0 Å². The highest BCUT2D eigenvalue weighted by Crippen LogP contribution is 2.37. The van der Waals surface area contributed by atoms with Crippen LogP contribution in [0, 0.1) is 0 Å². The molecule has 1 atom stereocenters. The number of hydrogen-bond acceptors (Lipinski definition) is 7. The molecule has 0 bridgehead atoms. The van der Waals surface area contributed by atoms with E-state index in [1.807, 2.05) is 63.2 Å². The van der Waals surface area contributed by atoms with Crippen LogP contribution >= 0.6 is 0 Å². The highest BCUT2D eigenvalue weighted by Gasteiger charge is 2.36. The van der Waals surface area contributed by atoms with E-state index in [9.17, 15) is 4.79 Å². The van der Waals surface area contributed by atoms with Crippen molar-refractivity contribution in [2.24, 2.45) is 0 Å². The normalized spacial score (nSPS) is 16.0. The number of ether oxygens (including phenoxy) is 3. The Morgan fingerprint density at radius 2 is 1.97 bits per heavy atom. The number of carbonyl (C=O) groups is 1. The van der Waals surface area contributed by atoms with E-state index in [0.717, 1.165) is 11.3 Å². The third-order valence-corrected chi connectivity index (χ3v) is 5.16. The smallest absolute Gasteiger partial charge is 0.232 e. The monoisotopic (exact) mass is 437 g/mol. The Balaban J connectivity index is 1.54. The number of carbonyl (C=O) groups excluding carboxylic acids is 1. The largest absolute Gasteiger partial charge is 0.493 e. The predicted octanol–water partition coefficient (Wildman–Crippen LogP) is 4.45. The Morgan fingerprint density at radius 1 is 1.16 bits per heavy atom. The van der Waals surface area contributed by atoms with Crippen molar-refractivity contribution in [2.75, 3.05) is 25.2 Å². The van der Waals surface area contributed by atoms with Crippen LogP contribution in [-0.2, 0) is 4.79 Å². The molecule has 1 amide bonds. The van der Waals surface area contributed by atoms with Crippen molar-refractivity contribution < 1.29 is 23.5 Å². The number of nitrogens with zero attached hydrogens (tertiary/aromatic N) is 3. The molecule has 1 aliphatic heterocycles. The minimum atomic E-state index is -0.191. The maximum absolute atomic E-state index is 12.8. The zero-order chi connectivity index (χ0) is 22.7. The van der Waals surface area contributed by atoms with E-state index in [0.29, 0.717) is 48.5 Å². The van der Waals surface area contributed by atoms with Crippen LogP contribution in [0.3, 0.4) is 0 Å². The summed E-state index contributed by atoms with van der Waals surface area (Å²) in [6.45, 7) is 6.81. The number of amides is 1. The molecule has 0 radical (unpaired) electrons. The standard InChI is InChI=1S/C24H27N3O5/c1-5-30-19-9-7-6-8-18(19)27-14-17(13-22(27)28)24-25-23(26-32-24)16-10-11-20(31-15(2)3)21(12-16)29-4/h6-12,15,17H,5,13-14H2,1-4H3. The molecule has 1 fully saturated rings. The van der Waals surface area contributed by atoms with E-state index in [-0.39, 0.29) is 17.9 Å². The molecule has 168 valence electrons. The first-order chi connectivity index (χ1) is 15.5. The number of benzene rings is 2. The van der Waals surface area contributed by atoms with Crippen molar-refractivity contribution in [3.05, 3.63) is 48.4 Å². The van der Waals surface area contributed by atoms with Crippen molar-refractivity contribution >= 4 is 11.6 Å². The van der Waals surface area contributed by atoms with Crippen LogP contribution in [0.5, 0.6) is 17.2 Å². The molecular weight excluding hydrogens is 410 g/mol. The topological polar surface area (TPSA) is 86.9 Å². The van der Waals surface area contributed by atoms with Gasteiger partial charge in [-0.05, 0) is 51.1 Å². The van der Waals surface area contributed by atoms with Crippen LogP contribution in [0.25, 0.3) is 11.4 Å². The van der Waals surface area contributed by atoms with Gasteiger partial charge in [0.15, 0.2) is 11.5 Å². The number of methoxy groups -OCH3 is 1. The molecule has 2 aromatic carbocycles. The van der Waals surface area contributed by atoms with E-state index in [2.05, 4.69) is 10.1 Å². The number of anilines is 1. The molecule has 1 saturated heterocycles. The Morgan fingerprint density at radius 3 is 2.72 bits per heavy atom. The second-order valence-electron chi connectivity index (χ2n) is 7.79. The molecule has 0 aliphatic carbocycles. The Bertz CT molecular complexity index is 1090. The van der Waals surface area contributed by atoms with Crippen molar-refractivity contribution in [1.82, 2.24) is 10.1 Å². The van der Waals surface area contributed by atoms with Crippen LogP contribution in [0.15, 0.2) is 47.0 Å². The van der Waals surface area contributed by atoms with Gasteiger partial charge in [0.2, 0.25) is 17.6 Å². The van der Waals surface area contributed by atoms with Crippen LogP contribution in [-0.4, -0.2) is 42.4 Å². The molecule has 3 aromatic rings. The zero-order valence-corrected chi connectivity index (χ0v) is 18.7. The lowest BCUT2D eigenvalue weighted by Gasteiger charge is -2.19. The molecule has 1 aliphatic rings. The van der Waals surface area contributed by atoms with Gasteiger partial charge in [-0.15, -0.1) is 0 Å². The summed E-state index contributed by atoms with van der Waals surface area (Å²) in [4.78, 5) is 19.0. The maximum Gasteiger partial charge on any atom is 0.232 e. The van der Waals surface area contributed by atoms with Gasteiger partial charge in [-0.3, -0.25) is 4.79 Å². The Labute approximate surface area is 187 Å². The fourth-order valence-electron chi connectivity index (χ4n) is 3.74. The molecule has 1 aromatic heterocycles. The molecular formula is C24H27N3O5. The number of hydrogen-bond donors (Lipinski definition) is 0. The lowest BCUT2D eigenvalue weighted by atomic mass is 10.1. The van der Waals surface area contributed by atoms with E-state index in [1.54, 1.807) is 12.0 Å². The van der Waals surface area contributed by atoms with Crippen molar-refractivity contribution in [2.45, 2.75) is 39.2 Å². The summed E-state index contributed by atoms with van der Waals surface area (Å²) in [7, 11) is 1.59. The number of para-hydroxylation sites is 2. The highest BCUT2D eigenvalue weighted by atomic mass is 16.5. The van der Waals surface area contributed by atoms with Crippen molar-refractivity contribution in [3.8, 4) is 28.6 Å². The van der Waals surface area contributed by atoms with Crippen LogP contribution in [0.1, 0.15) is 39.0 Å². The minimum absolute atomic E-state index is 0.00115. The average Bonchev–Trinajstić information content (AvgIpc) is 3.41. The summed E-state index contributed by atoms with van der Waals surface area (Å²) in [5.41, 5.74) is 1.50. The van der Waals surface area contributed by atoms with Gasteiger partial charge in [-0.25, -0.2) is 0 Å². The van der Waals surface area contributed by atoms with Crippen molar-refractivity contribution in [3.63, 3.8) is 0 Å². The lowest BCUT2D eigenvalue weighted by Crippen LogP contribution is -2.25. The summed E-state index contributed by atoms with van der Waals surface area (Å²) in [5, 5.41) is 4.13.